The van der Waals surface area contributed by atoms with E-state index in [-0.39, 0.29) is 0 Å². The van der Waals surface area contributed by atoms with Crippen LogP contribution < -0.4 is 4.90 Å². The highest BCUT2D eigenvalue weighted by Crippen LogP contribution is 2.18. The molecule has 1 N–H and O–H groups in total. The monoisotopic (exact) mass is 250 g/mol. The van der Waals surface area contributed by atoms with Crippen LogP contribution in [0.4, 0.5) is 5.82 Å². The van der Waals surface area contributed by atoms with E-state index in [1.165, 1.54) is 12.8 Å². The number of aliphatic hydroxyl groups is 1. The first-order valence-corrected chi connectivity index (χ1v) is 7.01. The quantitative estimate of drug-likeness (QED) is 0.805. The molecule has 0 aliphatic rings. The van der Waals surface area contributed by atoms with Gasteiger partial charge in [0.1, 0.15) is 5.82 Å². The summed E-state index contributed by atoms with van der Waals surface area (Å²) in [7, 11) is 0. The molecule has 1 heterocycles. The number of rotatable bonds is 7. The van der Waals surface area contributed by atoms with Gasteiger partial charge in [-0.1, -0.05) is 32.8 Å². The lowest BCUT2D eigenvalue weighted by Gasteiger charge is -2.26. The van der Waals surface area contributed by atoms with Gasteiger partial charge < -0.3 is 10.0 Å². The van der Waals surface area contributed by atoms with E-state index in [9.17, 15) is 5.11 Å². The molecule has 1 rings (SSSR count). The van der Waals surface area contributed by atoms with Crippen LogP contribution in [0.2, 0.25) is 0 Å². The van der Waals surface area contributed by atoms with E-state index in [2.05, 4.69) is 30.7 Å². The average molecular weight is 250 g/mol. The van der Waals surface area contributed by atoms with Crippen molar-refractivity contribution in [2.24, 2.45) is 5.92 Å². The zero-order chi connectivity index (χ0) is 13.5. The molecule has 0 aliphatic carbocycles. The van der Waals surface area contributed by atoms with Gasteiger partial charge in [-0.3, -0.25) is 0 Å². The van der Waals surface area contributed by atoms with Gasteiger partial charge in [0.05, 0.1) is 6.10 Å². The predicted octanol–water partition coefficient (Wildman–Crippen LogP) is 3.40. The molecule has 102 valence electrons. The Morgan fingerprint density at radius 2 is 1.89 bits per heavy atom. The van der Waals surface area contributed by atoms with Crippen LogP contribution in [0.3, 0.4) is 0 Å². The summed E-state index contributed by atoms with van der Waals surface area (Å²) in [5, 5.41) is 9.48. The molecular formula is C15H26N2O. The minimum absolute atomic E-state index is 0.444. The fourth-order valence-corrected chi connectivity index (χ4v) is 2.07. The van der Waals surface area contributed by atoms with Crippen molar-refractivity contribution in [3.05, 3.63) is 23.9 Å². The van der Waals surface area contributed by atoms with Gasteiger partial charge in [0, 0.05) is 19.3 Å². The third-order valence-corrected chi connectivity index (χ3v) is 3.59. The van der Waals surface area contributed by atoms with Crippen molar-refractivity contribution in [2.75, 3.05) is 18.0 Å². The maximum Gasteiger partial charge on any atom is 0.128 e. The van der Waals surface area contributed by atoms with E-state index < -0.39 is 6.10 Å². The molecule has 1 aromatic rings. The molecule has 1 aromatic heterocycles. The summed E-state index contributed by atoms with van der Waals surface area (Å²) >= 11 is 0. The summed E-state index contributed by atoms with van der Waals surface area (Å²) in [6.45, 7) is 10.4. The SMILES string of the molecule is CCC(CC)CN(CC)c1ccc(C(C)O)cn1. The lowest BCUT2D eigenvalue weighted by atomic mass is 10.0. The zero-order valence-corrected chi connectivity index (χ0v) is 12.1. The maximum atomic E-state index is 9.48. The number of pyridine rings is 1. The lowest BCUT2D eigenvalue weighted by Crippen LogP contribution is -2.29. The fourth-order valence-electron chi connectivity index (χ4n) is 2.07. The first-order chi connectivity index (χ1) is 8.62. The van der Waals surface area contributed by atoms with Crippen molar-refractivity contribution in [2.45, 2.75) is 46.6 Å². The zero-order valence-electron chi connectivity index (χ0n) is 12.1. The first kappa shape index (κ1) is 15.0. The largest absolute Gasteiger partial charge is 0.389 e. The Morgan fingerprint density at radius 1 is 1.22 bits per heavy atom. The van der Waals surface area contributed by atoms with Gasteiger partial charge in [0.2, 0.25) is 0 Å². The summed E-state index contributed by atoms with van der Waals surface area (Å²) in [6, 6.07) is 3.97. The molecule has 0 saturated carbocycles. The second kappa shape index (κ2) is 7.37. The first-order valence-electron chi connectivity index (χ1n) is 7.01. The van der Waals surface area contributed by atoms with Crippen LogP contribution in [0.25, 0.3) is 0 Å². The van der Waals surface area contributed by atoms with Crippen LogP contribution in [0.5, 0.6) is 0 Å². The van der Waals surface area contributed by atoms with Gasteiger partial charge in [-0.25, -0.2) is 4.98 Å². The Morgan fingerprint density at radius 3 is 2.28 bits per heavy atom. The van der Waals surface area contributed by atoms with E-state index in [4.69, 9.17) is 0 Å². The minimum Gasteiger partial charge on any atom is -0.389 e. The van der Waals surface area contributed by atoms with Crippen molar-refractivity contribution in [3.63, 3.8) is 0 Å². The van der Waals surface area contributed by atoms with Crippen molar-refractivity contribution in [1.29, 1.82) is 0 Å². The standard InChI is InChI=1S/C15H26N2O/c1-5-13(6-2)11-17(7-3)15-9-8-14(10-16-15)12(4)18/h8-10,12-13,18H,5-7,11H2,1-4H3. The van der Waals surface area contributed by atoms with Crippen molar-refractivity contribution in [3.8, 4) is 0 Å². The molecule has 0 aromatic carbocycles. The van der Waals surface area contributed by atoms with E-state index in [1.807, 2.05) is 12.1 Å². The second-order valence-corrected chi connectivity index (χ2v) is 4.85. The highest BCUT2D eigenvalue weighted by molar-refractivity contribution is 5.39. The molecule has 0 aliphatic heterocycles. The van der Waals surface area contributed by atoms with Crippen LogP contribution >= 0.6 is 0 Å². The number of hydrogen-bond donors (Lipinski definition) is 1. The lowest BCUT2D eigenvalue weighted by molar-refractivity contribution is 0.199. The summed E-state index contributed by atoms with van der Waals surface area (Å²) in [5.41, 5.74) is 0.873. The van der Waals surface area contributed by atoms with Gasteiger partial charge in [-0.15, -0.1) is 0 Å². The minimum atomic E-state index is -0.444. The fraction of sp³-hybridized carbons (Fsp3) is 0.667. The third-order valence-electron chi connectivity index (χ3n) is 3.59. The Labute approximate surface area is 111 Å². The average Bonchev–Trinajstić information content (AvgIpc) is 2.40. The highest BCUT2D eigenvalue weighted by Gasteiger charge is 2.12. The van der Waals surface area contributed by atoms with Crippen LogP contribution in [0, 0.1) is 5.92 Å². The number of nitrogens with zero attached hydrogens (tertiary/aromatic N) is 2. The van der Waals surface area contributed by atoms with E-state index in [0.29, 0.717) is 0 Å². The number of aliphatic hydroxyl groups excluding tert-OH is 1. The van der Waals surface area contributed by atoms with Crippen LogP contribution in [0.1, 0.15) is 52.2 Å². The van der Waals surface area contributed by atoms with Crippen molar-refractivity contribution in [1.82, 2.24) is 4.98 Å². The van der Waals surface area contributed by atoms with Crippen LogP contribution in [0.15, 0.2) is 18.3 Å². The number of aromatic nitrogens is 1. The molecule has 3 nitrogen and oxygen atoms in total. The van der Waals surface area contributed by atoms with Gasteiger partial charge in [0.25, 0.3) is 0 Å². The molecule has 0 fully saturated rings. The Balaban J connectivity index is 2.75. The molecular weight excluding hydrogens is 224 g/mol. The summed E-state index contributed by atoms with van der Waals surface area (Å²) in [4.78, 5) is 6.77. The van der Waals surface area contributed by atoms with Gasteiger partial charge in [0.15, 0.2) is 0 Å². The Hall–Kier alpha value is -1.09. The number of hydrogen-bond acceptors (Lipinski definition) is 3. The van der Waals surface area contributed by atoms with E-state index in [1.54, 1.807) is 13.1 Å². The Bertz CT molecular complexity index is 331. The smallest absolute Gasteiger partial charge is 0.128 e. The van der Waals surface area contributed by atoms with E-state index >= 15 is 0 Å². The van der Waals surface area contributed by atoms with Crippen LogP contribution in [-0.4, -0.2) is 23.2 Å². The summed E-state index contributed by atoms with van der Waals surface area (Å²) in [6.07, 6.45) is 3.74. The molecule has 0 spiro atoms. The molecule has 18 heavy (non-hydrogen) atoms. The van der Waals surface area contributed by atoms with Gasteiger partial charge in [-0.05, 0) is 31.4 Å². The highest BCUT2D eigenvalue weighted by atomic mass is 16.3. The number of anilines is 1. The topological polar surface area (TPSA) is 36.4 Å². The molecule has 0 radical (unpaired) electrons. The van der Waals surface area contributed by atoms with Crippen molar-refractivity contribution < 1.29 is 5.11 Å². The van der Waals surface area contributed by atoms with E-state index in [0.717, 1.165) is 30.4 Å². The van der Waals surface area contributed by atoms with Crippen molar-refractivity contribution >= 4 is 5.82 Å². The van der Waals surface area contributed by atoms with Crippen LogP contribution in [-0.2, 0) is 0 Å². The molecule has 0 amide bonds. The maximum absolute atomic E-state index is 9.48. The van der Waals surface area contributed by atoms with Gasteiger partial charge in [-0.2, -0.15) is 0 Å². The molecule has 0 saturated heterocycles. The predicted molar refractivity (Wildman–Crippen MR) is 76.8 cm³/mol. The molecule has 3 heteroatoms. The summed E-state index contributed by atoms with van der Waals surface area (Å²) in [5.74, 6) is 1.73. The second-order valence-electron chi connectivity index (χ2n) is 4.85. The Kier molecular flexibility index (Phi) is 6.13. The van der Waals surface area contributed by atoms with Gasteiger partial charge >= 0.3 is 0 Å². The molecule has 1 unspecified atom stereocenters. The molecule has 0 bridgehead atoms. The summed E-state index contributed by atoms with van der Waals surface area (Å²) < 4.78 is 0. The third kappa shape index (κ3) is 3.98. The normalized spacial score (nSPS) is 12.8. The molecule has 1 atom stereocenters.